The van der Waals surface area contributed by atoms with E-state index in [1.165, 1.54) is 0 Å². The van der Waals surface area contributed by atoms with Crippen LogP contribution in [-0.2, 0) is 16.0 Å². The number of amides is 2. The zero-order valence-electron chi connectivity index (χ0n) is 21.1. The highest BCUT2D eigenvalue weighted by Gasteiger charge is 2.30. The van der Waals surface area contributed by atoms with Crippen LogP contribution in [0.5, 0.6) is 5.75 Å². The molecule has 0 saturated carbocycles. The van der Waals surface area contributed by atoms with Crippen LogP contribution in [0.3, 0.4) is 0 Å². The van der Waals surface area contributed by atoms with Gasteiger partial charge in [-0.3, -0.25) is 0 Å². The van der Waals surface area contributed by atoms with Gasteiger partial charge >= 0.3 is 12.0 Å². The fourth-order valence-electron chi connectivity index (χ4n) is 4.42. The van der Waals surface area contributed by atoms with E-state index in [9.17, 15) is 14.7 Å². The first kappa shape index (κ1) is 25.3. The van der Waals surface area contributed by atoms with E-state index in [4.69, 9.17) is 9.47 Å². The standard InChI is InChI=1S/C29H32N2O5/c1-18-15-22(31-28(34)30-21-10-6-5-7-11-21)17-23(26(27(32)33)36-29(2,3)4)25(18)20-12-13-24-19(16-20)9-8-14-35-24/h5-7,10-13,15-17,26H,8-9,14H2,1-4H3,(H,32,33)(H2,30,31,34). The smallest absolute Gasteiger partial charge is 0.337 e. The summed E-state index contributed by atoms with van der Waals surface area (Å²) in [5, 5.41) is 15.8. The number of carboxylic acids is 1. The van der Waals surface area contributed by atoms with Crippen LogP contribution in [0.4, 0.5) is 16.2 Å². The monoisotopic (exact) mass is 488 g/mol. The highest BCUT2D eigenvalue weighted by molar-refractivity contribution is 6.00. The van der Waals surface area contributed by atoms with E-state index in [2.05, 4.69) is 16.7 Å². The topological polar surface area (TPSA) is 96.9 Å². The molecule has 0 saturated heterocycles. The first-order valence-electron chi connectivity index (χ1n) is 12.0. The van der Waals surface area contributed by atoms with Gasteiger partial charge < -0.3 is 25.2 Å². The van der Waals surface area contributed by atoms with Crippen LogP contribution in [0.15, 0.2) is 60.7 Å². The summed E-state index contributed by atoms with van der Waals surface area (Å²) in [5.41, 5.74) is 4.48. The van der Waals surface area contributed by atoms with Crippen LogP contribution < -0.4 is 15.4 Å². The van der Waals surface area contributed by atoms with Crippen molar-refractivity contribution in [2.75, 3.05) is 17.2 Å². The van der Waals surface area contributed by atoms with Crippen molar-refractivity contribution in [1.82, 2.24) is 0 Å². The summed E-state index contributed by atoms with van der Waals surface area (Å²) in [6.45, 7) is 8.07. The second-order valence-electron chi connectivity index (χ2n) is 9.93. The predicted molar refractivity (Wildman–Crippen MR) is 141 cm³/mol. The molecule has 2 amide bonds. The number of rotatable bonds is 6. The highest BCUT2D eigenvalue weighted by atomic mass is 16.5. The van der Waals surface area contributed by atoms with Crippen molar-refractivity contribution in [3.05, 3.63) is 77.4 Å². The Morgan fingerprint density at radius 2 is 1.72 bits per heavy atom. The van der Waals surface area contributed by atoms with E-state index in [0.717, 1.165) is 40.8 Å². The molecular formula is C29H32N2O5. The minimum Gasteiger partial charge on any atom is -0.493 e. The fourth-order valence-corrected chi connectivity index (χ4v) is 4.42. The number of carbonyl (C=O) groups is 2. The van der Waals surface area contributed by atoms with Gasteiger partial charge in [0.2, 0.25) is 0 Å². The summed E-state index contributed by atoms with van der Waals surface area (Å²) >= 11 is 0. The van der Waals surface area contributed by atoms with Crippen LogP contribution >= 0.6 is 0 Å². The molecule has 0 spiro atoms. The Labute approximate surface area is 211 Å². The Morgan fingerprint density at radius 3 is 2.42 bits per heavy atom. The van der Waals surface area contributed by atoms with Crippen molar-refractivity contribution in [3.8, 4) is 16.9 Å². The number of urea groups is 1. The van der Waals surface area contributed by atoms with E-state index in [1.54, 1.807) is 18.2 Å². The normalized spacial score (nSPS) is 13.8. The summed E-state index contributed by atoms with van der Waals surface area (Å²) in [4.78, 5) is 25.1. The van der Waals surface area contributed by atoms with Gasteiger partial charge in [0.15, 0.2) is 6.10 Å². The third kappa shape index (κ3) is 6.04. The van der Waals surface area contributed by atoms with Crippen molar-refractivity contribution in [1.29, 1.82) is 0 Å². The van der Waals surface area contributed by atoms with Crippen LogP contribution in [0, 0.1) is 6.92 Å². The van der Waals surface area contributed by atoms with Crippen LogP contribution in [0.2, 0.25) is 0 Å². The third-order valence-electron chi connectivity index (χ3n) is 5.83. The van der Waals surface area contributed by atoms with Gasteiger partial charge in [-0.15, -0.1) is 0 Å². The van der Waals surface area contributed by atoms with Gasteiger partial charge in [-0.05, 0) is 99.2 Å². The number of fused-ring (bicyclic) bond motifs is 1. The molecule has 188 valence electrons. The zero-order chi connectivity index (χ0) is 25.9. The van der Waals surface area contributed by atoms with Gasteiger partial charge in [-0.2, -0.15) is 0 Å². The molecule has 3 N–H and O–H groups in total. The van der Waals surface area contributed by atoms with Crippen LogP contribution in [-0.4, -0.2) is 29.3 Å². The van der Waals surface area contributed by atoms with Gasteiger partial charge in [0, 0.05) is 16.9 Å². The molecule has 1 heterocycles. The minimum atomic E-state index is -1.23. The molecule has 7 heteroatoms. The average molecular weight is 489 g/mol. The second-order valence-corrected chi connectivity index (χ2v) is 9.93. The van der Waals surface area contributed by atoms with Crippen molar-refractivity contribution in [2.24, 2.45) is 0 Å². The zero-order valence-corrected chi connectivity index (χ0v) is 21.1. The molecule has 3 aromatic rings. The number of para-hydroxylation sites is 1. The molecule has 1 aliphatic heterocycles. The Kier molecular flexibility index (Phi) is 7.31. The molecule has 1 aliphatic rings. The number of aryl methyl sites for hydroxylation is 2. The second kappa shape index (κ2) is 10.4. The summed E-state index contributed by atoms with van der Waals surface area (Å²) in [6, 6.07) is 18.2. The molecule has 0 bridgehead atoms. The lowest BCUT2D eigenvalue weighted by molar-refractivity contribution is -0.160. The maximum atomic E-state index is 12.7. The summed E-state index contributed by atoms with van der Waals surface area (Å²) < 4.78 is 11.8. The van der Waals surface area contributed by atoms with Crippen molar-refractivity contribution in [2.45, 2.75) is 52.2 Å². The summed E-state index contributed by atoms with van der Waals surface area (Å²) in [6.07, 6.45) is 0.606. The van der Waals surface area contributed by atoms with Gasteiger partial charge in [0.05, 0.1) is 12.2 Å². The number of benzene rings is 3. The first-order chi connectivity index (χ1) is 17.1. The maximum absolute atomic E-state index is 12.7. The van der Waals surface area contributed by atoms with E-state index >= 15 is 0 Å². The molecule has 0 aliphatic carbocycles. The quantitative estimate of drug-likeness (QED) is 0.365. The SMILES string of the molecule is Cc1cc(NC(=O)Nc2ccccc2)cc(C(OC(C)(C)C)C(=O)O)c1-c1ccc2c(c1)CCCO2. The van der Waals surface area contributed by atoms with Crippen molar-refractivity contribution in [3.63, 3.8) is 0 Å². The number of ether oxygens (including phenoxy) is 2. The lowest BCUT2D eigenvalue weighted by Crippen LogP contribution is -2.28. The third-order valence-corrected chi connectivity index (χ3v) is 5.83. The number of hydrogen-bond donors (Lipinski definition) is 3. The Balaban J connectivity index is 1.77. The largest absolute Gasteiger partial charge is 0.493 e. The van der Waals surface area contributed by atoms with Gasteiger partial charge in [-0.25, -0.2) is 9.59 Å². The molecule has 0 radical (unpaired) electrons. The molecule has 0 fully saturated rings. The lowest BCUT2D eigenvalue weighted by Gasteiger charge is -2.28. The van der Waals surface area contributed by atoms with E-state index in [0.29, 0.717) is 23.5 Å². The average Bonchev–Trinajstić information content (AvgIpc) is 2.82. The molecule has 1 unspecified atom stereocenters. The Bertz CT molecular complexity index is 1260. The van der Waals surface area contributed by atoms with E-state index in [1.807, 2.05) is 64.1 Å². The first-order valence-corrected chi connectivity index (χ1v) is 12.0. The fraction of sp³-hybridized carbons (Fsp3) is 0.310. The van der Waals surface area contributed by atoms with Gasteiger partial charge in [-0.1, -0.05) is 24.3 Å². The highest BCUT2D eigenvalue weighted by Crippen LogP contribution is 2.39. The number of hydrogen-bond acceptors (Lipinski definition) is 4. The number of anilines is 2. The number of aliphatic carboxylic acids is 1. The molecular weight excluding hydrogens is 456 g/mol. The van der Waals surface area contributed by atoms with Crippen molar-refractivity contribution >= 4 is 23.4 Å². The molecule has 0 aromatic heterocycles. The maximum Gasteiger partial charge on any atom is 0.337 e. The summed E-state index contributed by atoms with van der Waals surface area (Å²) in [5.74, 6) is -0.237. The van der Waals surface area contributed by atoms with Crippen LogP contribution in [0.1, 0.15) is 50.0 Å². The molecule has 3 aromatic carbocycles. The molecule has 1 atom stereocenters. The number of carboxylic acid groups (broad SMARTS) is 1. The molecule has 36 heavy (non-hydrogen) atoms. The minimum absolute atomic E-state index is 0.422. The van der Waals surface area contributed by atoms with Gasteiger partial charge in [0.25, 0.3) is 0 Å². The molecule has 7 nitrogen and oxygen atoms in total. The number of carbonyl (C=O) groups excluding carboxylic acids is 1. The Morgan fingerprint density at radius 1 is 1.00 bits per heavy atom. The molecule has 4 rings (SSSR count). The van der Waals surface area contributed by atoms with Gasteiger partial charge in [0.1, 0.15) is 5.75 Å². The van der Waals surface area contributed by atoms with Crippen LogP contribution in [0.25, 0.3) is 11.1 Å². The van der Waals surface area contributed by atoms with Crippen molar-refractivity contribution < 1.29 is 24.2 Å². The predicted octanol–water partition coefficient (Wildman–Crippen LogP) is 6.57. The summed E-state index contributed by atoms with van der Waals surface area (Å²) in [7, 11) is 0. The van der Waals surface area contributed by atoms with E-state index < -0.39 is 23.7 Å². The Hall–Kier alpha value is -3.84. The van der Waals surface area contributed by atoms with E-state index in [-0.39, 0.29) is 0 Å². The lowest BCUT2D eigenvalue weighted by atomic mass is 9.89. The number of nitrogens with one attached hydrogen (secondary N) is 2.